The summed E-state index contributed by atoms with van der Waals surface area (Å²) in [5.74, 6) is 0.806. The first-order chi connectivity index (χ1) is 21.7. The van der Waals surface area contributed by atoms with Crippen LogP contribution in [0.2, 0.25) is 0 Å². The third-order valence-corrected chi connectivity index (χ3v) is 8.68. The minimum atomic E-state index is -1.34. The Kier molecular flexibility index (Phi) is 5.29. The minimum Gasteiger partial charge on any atom is -0.454 e. The number of rotatable bonds is 4. The van der Waals surface area contributed by atoms with Gasteiger partial charge < -0.3 is 8.98 Å². The lowest BCUT2D eigenvalue weighted by Crippen LogP contribution is -2.00. The number of alkyl halides is 1. The van der Waals surface area contributed by atoms with Crippen molar-refractivity contribution < 1.29 is 8.81 Å². The van der Waals surface area contributed by atoms with Gasteiger partial charge in [-0.2, -0.15) is 0 Å². The van der Waals surface area contributed by atoms with Crippen LogP contribution in [-0.4, -0.2) is 19.1 Å². The Morgan fingerprint density at radius 1 is 0.705 bits per heavy atom. The topological polar surface area (TPSA) is 48.8 Å². The van der Waals surface area contributed by atoms with E-state index in [2.05, 4.69) is 33.4 Å². The number of hydrogen-bond donors (Lipinski definition) is 0. The summed E-state index contributed by atoms with van der Waals surface area (Å²) in [5, 5.41) is 4.15. The van der Waals surface area contributed by atoms with Gasteiger partial charge in [-0.05, 0) is 65.7 Å². The van der Waals surface area contributed by atoms with Crippen molar-refractivity contribution in [2.24, 2.45) is 7.05 Å². The van der Waals surface area contributed by atoms with Crippen LogP contribution in [0, 0.1) is 0 Å². The lowest BCUT2D eigenvalue weighted by Gasteiger charge is -2.14. The molecule has 0 saturated carbocycles. The van der Waals surface area contributed by atoms with Crippen LogP contribution in [-0.2, 0) is 7.05 Å². The van der Waals surface area contributed by atoms with Crippen molar-refractivity contribution in [1.29, 1.82) is 0 Å². The number of pyridine rings is 1. The Hall–Kier alpha value is -5.75. The first-order valence-corrected chi connectivity index (χ1v) is 14.6. The number of imidazole rings is 1. The van der Waals surface area contributed by atoms with Crippen molar-refractivity contribution in [3.05, 3.63) is 139 Å². The summed E-state index contributed by atoms with van der Waals surface area (Å²) in [6.07, 6.45) is 0.457. The highest BCUT2D eigenvalue weighted by molar-refractivity contribution is 6.20. The number of aryl methyl sites for hydroxylation is 1. The summed E-state index contributed by atoms with van der Waals surface area (Å²) in [6, 6.07) is 39.6. The molecule has 0 spiro atoms. The average Bonchev–Trinajstić information content (AvgIpc) is 3.74. The molecule has 0 aliphatic carbocycles. The van der Waals surface area contributed by atoms with E-state index in [1.54, 1.807) is 6.20 Å². The summed E-state index contributed by atoms with van der Waals surface area (Å²) < 4.78 is 27.1. The molecule has 0 bridgehead atoms. The molecule has 0 saturated heterocycles. The molecule has 44 heavy (non-hydrogen) atoms. The molecule has 6 heteroatoms. The van der Waals surface area contributed by atoms with E-state index in [0.29, 0.717) is 11.1 Å². The molecule has 1 unspecified atom stereocenters. The van der Waals surface area contributed by atoms with Crippen LogP contribution >= 0.6 is 0 Å². The third-order valence-electron chi connectivity index (χ3n) is 8.68. The van der Waals surface area contributed by atoms with Crippen LogP contribution in [0.3, 0.4) is 0 Å². The van der Waals surface area contributed by atoms with Crippen molar-refractivity contribution in [1.82, 2.24) is 19.1 Å². The van der Waals surface area contributed by atoms with Gasteiger partial charge in [0.15, 0.2) is 11.8 Å². The van der Waals surface area contributed by atoms with Gasteiger partial charge in [-0.3, -0.25) is 4.57 Å². The Balaban J connectivity index is 1.20. The van der Waals surface area contributed by atoms with Crippen LogP contribution in [0.25, 0.3) is 72.0 Å². The Labute approximate surface area is 251 Å². The molecule has 9 rings (SSSR count). The number of nitrogens with zero attached hydrogens (tertiary/aromatic N) is 4. The van der Waals surface area contributed by atoms with Gasteiger partial charge in [-0.1, -0.05) is 66.7 Å². The second-order valence-electron chi connectivity index (χ2n) is 11.2. The van der Waals surface area contributed by atoms with Crippen LogP contribution in [0.4, 0.5) is 4.39 Å². The smallest absolute Gasteiger partial charge is 0.160 e. The second kappa shape index (κ2) is 9.38. The van der Waals surface area contributed by atoms with E-state index < -0.39 is 6.17 Å². The SMILES string of the molecule is Cn1c(-c2cccc(C(F)c3cccc(-n4c5ncccc5c5ccc6c7ccccc7oc6c54)c3)c2)nc2ccccc21. The van der Waals surface area contributed by atoms with E-state index in [1.165, 1.54) is 0 Å². The highest BCUT2D eigenvalue weighted by Crippen LogP contribution is 2.40. The highest BCUT2D eigenvalue weighted by Gasteiger charge is 2.21. The Bertz CT molecular complexity index is 2550. The van der Waals surface area contributed by atoms with Crippen LogP contribution in [0.1, 0.15) is 17.3 Å². The molecule has 0 aliphatic rings. The van der Waals surface area contributed by atoms with Gasteiger partial charge in [-0.15, -0.1) is 0 Å². The predicted octanol–water partition coefficient (Wildman–Crippen LogP) is 9.69. The molecule has 5 nitrogen and oxygen atoms in total. The maximum Gasteiger partial charge on any atom is 0.160 e. The Morgan fingerprint density at radius 2 is 1.48 bits per heavy atom. The van der Waals surface area contributed by atoms with Gasteiger partial charge in [0, 0.05) is 46.0 Å². The van der Waals surface area contributed by atoms with Gasteiger partial charge >= 0.3 is 0 Å². The number of halogens is 1. The Morgan fingerprint density at radius 3 is 2.39 bits per heavy atom. The number of para-hydroxylation sites is 3. The normalized spacial score (nSPS) is 12.7. The molecule has 0 N–H and O–H groups in total. The standard InChI is InChI=1S/C38H25FN4O/c1-42-32-16-4-3-15-31(32)41-37(42)25-11-6-9-23(21-25)34(39)24-10-7-12-26(22-24)43-35-28(30-14-8-20-40-38(30)43)18-19-29-27-13-2-5-17-33(27)44-36(29)35/h2-22,34H,1H3. The van der Waals surface area contributed by atoms with E-state index in [1.807, 2.05) is 104 Å². The quantitative estimate of drug-likeness (QED) is 0.211. The lowest BCUT2D eigenvalue weighted by atomic mass is 10.00. The molecular weight excluding hydrogens is 547 g/mol. The zero-order chi connectivity index (χ0) is 29.4. The lowest BCUT2D eigenvalue weighted by molar-refractivity contribution is 0.402. The van der Waals surface area contributed by atoms with Gasteiger partial charge in [0.2, 0.25) is 0 Å². The van der Waals surface area contributed by atoms with Crippen LogP contribution < -0.4 is 0 Å². The first-order valence-electron chi connectivity index (χ1n) is 14.6. The summed E-state index contributed by atoms with van der Waals surface area (Å²) in [4.78, 5) is 9.60. The molecule has 5 aromatic carbocycles. The summed E-state index contributed by atoms with van der Waals surface area (Å²) in [7, 11) is 1.99. The van der Waals surface area contributed by atoms with Gasteiger partial charge in [0.25, 0.3) is 0 Å². The van der Waals surface area contributed by atoms with E-state index in [9.17, 15) is 0 Å². The number of benzene rings is 5. The number of aromatic nitrogens is 4. The van der Waals surface area contributed by atoms with E-state index in [4.69, 9.17) is 14.4 Å². The summed E-state index contributed by atoms with van der Waals surface area (Å²) in [5.41, 5.74) is 8.13. The summed E-state index contributed by atoms with van der Waals surface area (Å²) in [6.45, 7) is 0. The maximum absolute atomic E-state index is 16.4. The molecule has 9 aromatic rings. The average molecular weight is 573 g/mol. The van der Waals surface area contributed by atoms with Crippen molar-refractivity contribution >= 4 is 54.9 Å². The zero-order valence-corrected chi connectivity index (χ0v) is 23.8. The number of fused-ring (bicyclic) bond motifs is 8. The van der Waals surface area contributed by atoms with E-state index in [-0.39, 0.29) is 0 Å². The second-order valence-corrected chi connectivity index (χ2v) is 11.2. The van der Waals surface area contributed by atoms with E-state index in [0.717, 1.165) is 72.0 Å². The zero-order valence-electron chi connectivity index (χ0n) is 23.8. The molecule has 0 radical (unpaired) electrons. The molecule has 210 valence electrons. The van der Waals surface area contributed by atoms with Crippen molar-refractivity contribution in [3.63, 3.8) is 0 Å². The van der Waals surface area contributed by atoms with E-state index >= 15 is 4.39 Å². The number of hydrogen-bond acceptors (Lipinski definition) is 3. The molecule has 1 atom stereocenters. The fourth-order valence-electron chi connectivity index (χ4n) is 6.61. The summed E-state index contributed by atoms with van der Waals surface area (Å²) >= 11 is 0. The molecule has 4 heterocycles. The minimum absolute atomic E-state index is 0.562. The molecule has 4 aromatic heterocycles. The van der Waals surface area contributed by atoms with Gasteiger partial charge in [-0.25, -0.2) is 14.4 Å². The van der Waals surface area contributed by atoms with Crippen LogP contribution in [0.15, 0.2) is 132 Å². The molecular formula is C38H25FN4O. The fraction of sp³-hybridized carbons (Fsp3) is 0.0526. The fourth-order valence-corrected chi connectivity index (χ4v) is 6.61. The van der Waals surface area contributed by atoms with Gasteiger partial charge in [0.05, 0.1) is 16.6 Å². The largest absolute Gasteiger partial charge is 0.454 e. The van der Waals surface area contributed by atoms with Crippen molar-refractivity contribution in [2.75, 3.05) is 0 Å². The maximum atomic E-state index is 16.4. The third kappa shape index (κ3) is 3.57. The predicted molar refractivity (Wildman–Crippen MR) is 175 cm³/mol. The number of furan rings is 1. The van der Waals surface area contributed by atoms with Crippen LogP contribution in [0.5, 0.6) is 0 Å². The highest BCUT2D eigenvalue weighted by atomic mass is 19.1. The van der Waals surface area contributed by atoms with Gasteiger partial charge in [0.1, 0.15) is 17.1 Å². The molecule has 0 aliphatic heterocycles. The molecule has 0 amide bonds. The molecule has 0 fully saturated rings. The van der Waals surface area contributed by atoms with Crippen molar-refractivity contribution in [2.45, 2.75) is 6.17 Å². The van der Waals surface area contributed by atoms with Crippen molar-refractivity contribution in [3.8, 4) is 17.1 Å². The first kappa shape index (κ1) is 24.8. The monoisotopic (exact) mass is 572 g/mol.